The monoisotopic (exact) mass is 466 g/mol. The number of hydrogen-bond donors (Lipinski definition) is 2. The predicted octanol–water partition coefficient (Wildman–Crippen LogP) is 3.97. The molecule has 1 aliphatic rings. The van der Waals surface area contributed by atoms with Crippen molar-refractivity contribution >= 4 is 33.2 Å². The number of alkyl halides is 3. The van der Waals surface area contributed by atoms with Gasteiger partial charge in [0.1, 0.15) is 17.1 Å². The van der Waals surface area contributed by atoms with Crippen molar-refractivity contribution in [3.8, 4) is 5.75 Å². The van der Waals surface area contributed by atoms with E-state index in [0.29, 0.717) is 0 Å². The molecule has 0 saturated heterocycles. The molecule has 1 fully saturated rings. The maximum Gasteiger partial charge on any atom is 0.573 e. The summed E-state index contributed by atoms with van der Waals surface area (Å²) in [5.41, 5.74) is -1.35. The SMILES string of the molecule is O=C(Nc1ccc(OC(F)(F)F)cc1)C1(NS(=O)(=O)Cc2ccc(Cl)cc2F)CC1. The highest BCUT2D eigenvalue weighted by molar-refractivity contribution is 7.88. The van der Waals surface area contributed by atoms with Crippen molar-refractivity contribution in [1.29, 1.82) is 0 Å². The molecular weight excluding hydrogens is 452 g/mol. The molecule has 1 aliphatic carbocycles. The molecule has 3 rings (SSSR count). The van der Waals surface area contributed by atoms with Crippen LogP contribution in [0, 0.1) is 5.82 Å². The number of benzene rings is 2. The van der Waals surface area contributed by atoms with Crippen LogP contribution in [0.25, 0.3) is 0 Å². The van der Waals surface area contributed by atoms with Crippen LogP contribution in [0.4, 0.5) is 23.2 Å². The number of ether oxygens (including phenoxy) is 1. The minimum atomic E-state index is -4.84. The minimum Gasteiger partial charge on any atom is -0.406 e. The summed E-state index contributed by atoms with van der Waals surface area (Å²) in [5, 5.41) is 2.56. The van der Waals surface area contributed by atoms with E-state index in [-0.39, 0.29) is 29.1 Å². The maximum absolute atomic E-state index is 13.9. The van der Waals surface area contributed by atoms with E-state index in [1.165, 1.54) is 24.3 Å². The first-order chi connectivity index (χ1) is 13.9. The van der Waals surface area contributed by atoms with Gasteiger partial charge < -0.3 is 10.1 Å². The molecular formula is C18H15ClF4N2O4S. The molecule has 0 aromatic heterocycles. The lowest BCUT2D eigenvalue weighted by Gasteiger charge is -2.18. The van der Waals surface area contributed by atoms with Crippen molar-refractivity contribution in [2.75, 3.05) is 5.32 Å². The van der Waals surface area contributed by atoms with Crippen LogP contribution in [0.5, 0.6) is 5.75 Å². The molecule has 0 spiro atoms. The van der Waals surface area contributed by atoms with E-state index in [4.69, 9.17) is 11.6 Å². The average molecular weight is 467 g/mol. The smallest absolute Gasteiger partial charge is 0.406 e. The zero-order valence-electron chi connectivity index (χ0n) is 15.1. The van der Waals surface area contributed by atoms with Gasteiger partial charge in [0.05, 0.1) is 5.75 Å². The van der Waals surface area contributed by atoms with Gasteiger partial charge in [-0.3, -0.25) is 4.79 Å². The van der Waals surface area contributed by atoms with Crippen LogP contribution < -0.4 is 14.8 Å². The van der Waals surface area contributed by atoms with Crippen molar-refractivity contribution in [2.45, 2.75) is 30.5 Å². The number of rotatable bonds is 7. The van der Waals surface area contributed by atoms with Gasteiger partial charge in [-0.1, -0.05) is 17.7 Å². The molecule has 1 saturated carbocycles. The number of carbonyl (C=O) groups excluding carboxylic acids is 1. The van der Waals surface area contributed by atoms with Crippen LogP contribution in [0.15, 0.2) is 42.5 Å². The normalized spacial score (nSPS) is 15.5. The Balaban J connectivity index is 1.64. The number of halogens is 5. The van der Waals surface area contributed by atoms with Crippen LogP contribution in [0.2, 0.25) is 5.02 Å². The molecule has 2 N–H and O–H groups in total. The van der Waals surface area contributed by atoms with Crippen molar-refractivity contribution in [3.63, 3.8) is 0 Å². The third kappa shape index (κ3) is 5.83. The average Bonchev–Trinajstić information content (AvgIpc) is 3.38. The van der Waals surface area contributed by atoms with E-state index >= 15 is 0 Å². The first-order valence-corrected chi connectivity index (χ1v) is 10.5. The zero-order valence-corrected chi connectivity index (χ0v) is 16.7. The second-order valence-electron chi connectivity index (χ2n) is 6.71. The number of anilines is 1. The first-order valence-electron chi connectivity index (χ1n) is 8.50. The summed E-state index contributed by atoms with van der Waals surface area (Å²) in [4.78, 5) is 12.5. The Bertz CT molecular complexity index is 1050. The van der Waals surface area contributed by atoms with Gasteiger partial charge in [-0.25, -0.2) is 12.8 Å². The van der Waals surface area contributed by atoms with Crippen molar-refractivity contribution in [2.24, 2.45) is 0 Å². The first kappa shape index (κ1) is 22.3. The van der Waals surface area contributed by atoms with Crippen LogP contribution in [0.3, 0.4) is 0 Å². The minimum absolute atomic E-state index is 0.108. The van der Waals surface area contributed by atoms with Crippen molar-refractivity contribution < 1.29 is 35.5 Å². The van der Waals surface area contributed by atoms with Crippen LogP contribution in [-0.4, -0.2) is 26.2 Å². The van der Waals surface area contributed by atoms with E-state index in [2.05, 4.69) is 14.8 Å². The zero-order chi connectivity index (χ0) is 22.2. The summed E-state index contributed by atoms with van der Waals surface area (Å²) >= 11 is 5.64. The third-order valence-corrected chi connectivity index (χ3v) is 5.87. The van der Waals surface area contributed by atoms with Gasteiger partial charge in [0.15, 0.2) is 0 Å². The summed E-state index contributed by atoms with van der Waals surface area (Å²) in [6.45, 7) is 0. The largest absolute Gasteiger partial charge is 0.573 e. The fraction of sp³-hybridized carbons (Fsp3) is 0.278. The molecule has 0 unspecified atom stereocenters. The molecule has 1 amide bonds. The summed E-state index contributed by atoms with van der Waals surface area (Å²) in [6.07, 6.45) is -4.41. The molecule has 30 heavy (non-hydrogen) atoms. The summed E-state index contributed by atoms with van der Waals surface area (Å²) in [6, 6.07) is 7.96. The second-order valence-corrected chi connectivity index (χ2v) is 8.86. The Kier molecular flexibility index (Phi) is 5.99. The Morgan fingerprint density at radius 2 is 1.77 bits per heavy atom. The van der Waals surface area contributed by atoms with Gasteiger partial charge >= 0.3 is 6.36 Å². The third-order valence-electron chi connectivity index (χ3n) is 4.24. The van der Waals surface area contributed by atoms with E-state index in [0.717, 1.165) is 18.2 Å². The molecule has 162 valence electrons. The molecule has 0 radical (unpaired) electrons. The highest BCUT2D eigenvalue weighted by Crippen LogP contribution is 2.38. The Morgan fingerprint density at radius 1 is 1.13 bits per heavy atom. The highest BCUT2D eigenvalue weighted by atomic mass is 35.5. The summed E-state index contributed by atoms with van der Waals surface area (Å²) in [5.74, 6) is -2.61. The van der Waals surface area contributed by atoms with Gasteiger partial charge in [-0.15, -0.1) is 13.2 Å². The number of nitrogens with one attached hydrogen (secondary N) is 2. The number of carbonyl (C=O) groups is 1. The Hall–Kier alpha value is -2.37. The summed E-state index contributed by atoms with van der Waals surface area (Å²) < 4.78 is 81.3. The lowest BCUT2D eigenvalue weighted by molar-refractivity contribution is -0.274. The molecule has 6 nitrogen and oxygen atoms in total. The van der Waals surface area contributed by atoms with E-state index in [1.807, 2.05) is 0 Å². The Labute approximate surface area is 174 Å². The molecule has 2 aromatic rings. The quantitative estimate of drug-likeness (QED) is 0.605. The van der Waals surface area contributed by atoms with E-state index < -0.39 is 45.2 Å². The van der Waals surface area contributed by atoms with E-state index in [1.54, 1.807) is 0 Å². The van der Waals surface area contributed by atoms with E-state index in [9.17, 15) is 30.8 Å². The topological polar surface area (TPSA) is 84.5 Å². The Morgan fingerprint density at radius 3 is 2.30 bits per heavy atom. The van der Waals surface area contributed by atoms with Gasteiger partial charge in [0, 0.05) is 16.3 Å². The lowest BCUT2D eigenvalue weighted by atomic mass is 10.2. The number of amides is 1. The van der Waals surface area contributed by atoms with Gasteiger partial charge in [0.25, 0.3) is 0 Å². The molecule has 0 atom stereocenters. The maximum atomic E-state index is 13.9. The molecule has 2 aromatic carbocycles. The standard InChI is InChI=1S/C18H15ClF4N2O4S/c19-12-2-1-11(15(20)9-12)10-30(27,28)25-17(7-8-17)16(26)24-13-3-5-14(6-4-13)29-18(21,22)23/h1-6,9,25H,7-8,10H2,(H,24,26). The molecule has 12 heteroatoms. The highest BCUT2D eigenvalue weighted by Gasteiger charge is 2.52. The van der Waals surface area contributed by atoms with Crippen molar-refractivity contribution in [1.82, 2.24) is 4.72 Å². The predicted molar refractivity (Wildman–Crippen MR) is 101 cm³/mol. The van der Waals surface area contributed by atoms with Crippen LogP contribution >= 0.6 is 11.6 Å². The summed E-state index contributed by atoms with van der Waals surface area (Å²) in [7, 11) is -4.07. The van der Waals surface area contributed by atoms with Gasteiger partial charge in [0.2, 0.25) is 15.9 Å². The molecule has 0 heterocycles. The molecule has 0 bridgehead atoms. The van der Waals surface area contributed by atoms with Crippen LogP contribution in [0.1, 0.15) is 18.4 Å². The number of hydrogen-bond acceptors (Lipinski definition) is 4. The fourth-order valence-electron chi connectivity index (χ4n) is 2.67. The number of sulfonamides is 1. The fourth-order valence-corrected chi connectivity index (χ4v) is 4.44. The lowest BCUT2D eigenvalue weighted by Crippen LogP contribution is -2.46. The van der Waals surface area contributed by atoms with Crippen molar-refractivity contribution in [3.05, 3.63) is 58.9 Å². The second kappa shape index (κ2) is 8.05. The van der Waals surface area contributed by atoms with Crippen LogP contribution in [-0.2, 0) is 20.6 Å². The van der Waals surface area contributed by atoms with Gasteiger partial charge in [-0.05, 0) is 49.2 Å². The van der Waals surface area contributed by atoms with Gasteiger partial charge in [-0.2, -0.15) is 4.72 Å². The molecule has 0 aliphatic heterocycles.